The summed E-state index contributed by atoms with van der Waals surface area (Å²) >= 11 is 0. The van der Waals surface area contributed by atoms with Crippen LogP contribution >= 0.6 is 0 Å². The van der Waals surface area contributed by atoms with Gasteiger partial charge in [0.1, 0.15) is 5.56 Å². The van der Waals surface area contributed by atoms with Gasteiger partial charge in [-0.2, -0.15) is 0 Å². The number of benzene rings is 1. The van der Waals surface area contributed by atoms with Crippen LogP contribution in [0.25, 0.3) is 0 Å². The molecule has 0 aliphatic heterocycles. The first kappa shape index (κ1) is 16.8. The Morgan fingerprint density at radius 2 is 2.05 bits per heavy atom. The van der Waals surface area contributed by atoms with Gasteiger partial charge in [0.05, 0.1) is 16.7 Å². The van der Waals surface area contributed by atoms with E-state index in [1.54, 1.807) is 0 Å². The lowest BCUT2D eigenvalue weighted by Gasteiger charge is -2.33. The molecule has 0 heterocycles. The highest BCUT2D eigenvalue weighted by Gasteiger charge is 2.25. The second-order valence-electron chi connectivity index (χ2n) is 5.47. The van der Waals surface area contributed by atoms with E-state index in [4.69, 9.17) is 5.11 Å². The minimum Gasteiger partial charge on any atom is -0.477 e. The van der Waals surface area contributed by atoms with Crippen LogP contribution in [0.3, 0.4) is 0 Å². The van der Waals surface area contributed by atoms with Crippen molar-refractivity contribution < 1.29 is 19.2 Å². The van der Waals surface area contributed by atoms with Crippen molar-refractivity contribution in [2.24, 2.45) is 0 Å². The lowest BCUT2D eigenvalue weighted by Crippen LogP contribution is -2.44. The Labute approximate surface area is 121 Å². The highest BCUT2D eigenvalue weighted by atomic mass is 19.1. The van der Waals surface area contributed by atoms with E-state index in [9.17, 15) is 19.3 Å². The monoisotopic (exact) mass is 299 g/mol. The molecule has 0 spiro atoms. The Hall–Kier alpha value is -2.22. The van der Waals surface area contributed by atoms with Gasteiger partial charge in [0, 0.05) is 12.1 Å². The van der Waals surface area contributed by atoms with Crippen LogP contribution in [0.5, 0.6) is 0 Å². The molecule has 1 aromatic rings. The largest absolute Gasteiger partial charge is 0.477 e. The van der Waals surface area contributed by atoms with E-state index in [1.165, 1.54) is 0 Å². The van der Waals surface area contributed by atoms with Gasteiger partial charge >= 0.3 is 5.97 Å². The number of hydrogen-bond donors (Lipinski definition) is 2. The maximum Gasteiger partial charge on any atom is 0.342 e. The number of carboxylic acids is 1. The summed E-state index contributed by atoms with van der Waals surface area (Å²) in [4.78, 5) is 22.8. The van der Waals surface area contributed by atoms with Gasteiger partial charge in [-0.3, -0.25) is 10.1 Å². The van der Waals surface area contributed by atoms with Crippen LogP contribution < -0.4 is 5.32 Å². The maximum atomic E-state index is 13.9. The van der Waals surface area contributed by atoms with Gasteiger partial charge in [-0.05, 0) is 34.0 Å². The minimum atomic E-state index is -1.48. The number of anilines is 1. The van der Waals surface area contributed by atoms with E-state index >= 15 is 0 Å². The molecular formula is C13H18FN3O4. The maximum absolute atomic E-state index is 13.9. The highest BCUT2D eigenvalue weighted by Crippen LogP contribution is 2.26. The van der Waals surface area contributed by atoms with Gasteiger partial charge in [0.25, 0.3) is 5.69 Å². The van der Waals surface area contributed by atoms with Gasteiger partial charge in [0.15, 0.2) is 5.82 Å². The number of halogens is 1. The molecule has 0 bridgehead atoms. The molecule has 0 saturated carbocycles. The molecule has 1 aromatic carbocycles. The fourth-order valence-electron chi connectivity index (χ4n) is 1.49. The Balaban J connectivity index is 3.12. The number of nitro benzene ring substituents is 1. The Morgan fingerprint density at radius 1 is 1.48 bits per heavy atom. The molecule has 0 aromatic heterocycles. The first-order valence-electron chi connectivity index (χ1n) is 6.19. The number of carboxylic acid groups (broad SMARTS) is 1. The molecule has 1 rings (SSSR count). The number of hydrogen-bond acceptors (Lipinski definition) is 5. The SMILES string of the molecule is CN(C)C(C)(C)CNc1cc(C(=O)O)c([N+](=O)[O-])cc1F. The smallest absolute Gasteiger partial charge is 0.342 e. The predicted molar refractivity (Wildman–Crippen MR) is 76.3 cm³/mol. The van der Waals surface area contributed by atoms with Crippen molar-refractivity contribution in [3.05, 3.63) is 33.6 Å². The summed E-state index contributed by atoms with van der Waals surface area (Å²) in [5.74, 6) is -2.34. The summed E-state index contributed by atoms with van der Waals surface area (Å²) in [6.07, 6.45) is 0. The molecule has 0 fully saturated rings. The topological polar surface area (TPSA) is 95.7 Å². The summed E-state index contributed by atoms with van der Waals surface area (Å²) in [7, 11) is 3.72. The van der Waals surface area contributed by atoms with E-state index in [1.807, 2.05) is 32.8 Å². The molecule has 21 heavy (non-hydrogen) atoms. The zero-order valence-corrected chi connectivity index (χ0v) is 12.3. The first-order valence-corrected chi connectivity index (χ1v) is 6.19. The molecule has 116 valence electrons. The normalized spacial score (nSPS) is 11.5. The molecular weight excluding hydrogens is 281 g/mol. The van der Waals surface area contributed by atoms with Gasteiger partial charge in [-0.25, -0.2) is 9.18 Å². The minimum absolute atomic E-state index is 0.0760. The number of rotatable bonds is 6. The van der Waals surface area contributed by atoms with Crippen LogP contribution in [0.15, 0.2) is 12.1 Å². The van der Waals surface area contributed by atoms with Crippen LogP contribution in [-0.4, -0.2) is 47.1 Å². The molecule has 7 nitrogen and oxygen atoms in total. The van der Waals surface area contributed by atoms with Gasteiger partial charge in [-0.1, -0.05) is 0 Å². The van der Waals surface area contributed by atoms with Crippen LogP contribution in [0, 0.1) is 15.9 Å². The van der Waals surface area contributed by atoms with Crippen LogP contribution in [-0.2, 0) is 0 Å². The molecule has 0 amide bonds. The van der Waals surface area contributed by atoms with Crippen LogP contribution in [0.1, 0.15) is 24.2 Å². The highest BCUT2D eigenvalue weighted by molar-refractivity contribution is 5.93. The summed E-state index contributed by atoms with van der Waals surface area (Å²) in [6, 6.07) is 1.57. The third-order valence-corrected chi connectivity index (χ3v) is 3.43. The molecule has 2 N–H and O–H groups in total. The quantitative estimate of drug-likeness (QED) is 0.617. The van der Waals surface area contributed by atoms with Crippen molar-refractivity contribution in [1.82, 2.24) is 4.90 Å². The average Bonchev–Trinajstić information content (AvgIpc) is 2.36. The van der Waals surface area contributed by atoms with E-state index < -0.39 is 28.0 Å². The standard InChI is InChI=1S/C13H18FN3O4/c1-13(2,16(3)4)7-15-10-5-8(12(18)19)11(17(20)21)6-9(10)14/h5-6,15H,7H2,1-4H3,(H,18,19). The first-order chi connectivity index (χ1) is 9.56. The van der Waals surface area contributed by atoms with Crippen molar-refractivity contribution >= 4 is 17.3 Å². The van der Waals surface area contributed by atoms with Gasteiger partial charge in [0.2, 0.25) is 0 Å². The summed E-state index contributed by atoms with van der Waals surface area (Å²) in [6.45, 7) is 4.18. The lowest BCUT2D eigenvalue weighted by molar-refractivity contribution is -0.385. The molecule has 0 atom stereocenters. The van der Waals surface area contributed by atoms with Crippen molar-refractivity contribution in [1.29, 1.82) is 0 Å². The second-order valence-corrected chi connectivity index (χ2v) is 5.47. The van der Waals surface area contributed by atoms with Crippen molar-refractivity contribution in [3.63, 3.8) is 0 Å². The summed E-state index contributed by atoms with van der Waals surface area (Å²) in [5.41, 5.74) is -1.70. The van der Waals surface area contributed by atoms with Crippen LogP contribution in [0.4, 0.5) is 15.8 Å². The molecule has 0 aliphatic carbocycles. The van der Waals surface area contributed by atoms with Gasteiger partial charge in [-0.15, -0.1) is 0 Å². The molecule has 0 aliphatic rings. The third-order valence-electron chi connectivity index (χ3n) is 3.43. The fourth-order valence-corrected chi connectivity index (χ4v) is 1.49. The lowest BCUT2D eigenvalue weighted by atomic mass is 10.0. The zero-order chi connectivity index (χ0) is 16.4. The van der Waals surface area contributed by atoms with Gasteiger partial charge < -0.3 is 15.3 Å². The Morgan fingerprint density at radius 3 is 2.48 bits per heavy atom. The molecule has 0 unspecified atom stereocenters. The Kier molecular flexibility index (Phi) is 4.84. The number of aromatic carboxylic acids is 1. The van der Waals surface area contributed by atoms with Crippen molar-refractivity contribution in [2.75, 3.05) is 26.0 Å². The Bertz CT molecular complexity index is 573. The second kappa shape index (κ2) is 6.04. The average molecular weight is 299 g/mol. The number of likely N-dealkylation sites (N-methyl/N-ethyl adjacent to an activating group) is 1. The van der Waals surface area contributed by atoms with E-state index in [0.29, 0.717) is 12.6 Å². The number of carbonyl (C=O) groups is 1. The molecule has 0 saturated heterocycles. The summed E-state index contributed by atoms with van der Waals surface area (Å²) < 4.78 is 13.9. The molecule has 8 heteroatoms. The van der Waals surface area contributed by atoms with Crippen LogP contribution in [0.2, 0.25) is 0 Å². The van der Waals surface area contributed by atoms with E-state index in [-0.39, 0.29) is 11.2 Å². The van der Waals surface area contributed by atoms with E-state index in [2.05, 4.69) is 5.32 Å². The number of nitro groups is 1. The van der Waals surface area contributed by atoms with E-state index in [0.717, 1.165) is 6.07 Å². The fraction of sp³-hybridized carbons (Fsp3) is 0.462. The van der Waals surface area contributed by atoms with Crippen molar-refractivity contribution in [3.8, 4) is 0 Å². The third kappa shape index (κ3) is 3.88. The zero-order valence-electron chi connectivity index (χ0n) is 12.3. The van der Waals surface area contributed by atoms with Crippen molar-refractivity contribution in [2.45, 2.75) is 19.4 Å². The molecule has 0 radical (unpaired) electrons. The summed E-state index contributed by atoms with van der Waals surface area (Å²) in [5, 5.41) is 22.5. The number of nitrogens with zero attached hydrogens (tertiary/aromatic N) is 2. The predicted octanol–water partition coefficient (Wildman–Crippen LogP) is 2.18. The number of nitrogens with one attached hydrogen (secondary N) is 1.